The number of benzene rings is 1. The van der Waals surface area contributed by atoms with Crippen LogP contribution >= 0.6 is 0 Å². The van der Waals surface area contributed by atoms with Gasteiger partial charge in [-0.1, -0.05) is 13.0 Å². The molecule has 1 aromatic carbocycles. The van der Waals surface area contributed by atoms with Crippen LogP contribution in [-0.2, 0) is 0 Å². The van der Waals surface area contributed by atoms with Crippen LogP contribution in [0.25, 0.3) is 0 Å². The Bertz CT molecular complexity index is 532. The number of hydrogen-bond acceptors (Lipinski definition) is 4. The van der Waals surface area contributed by atoms with Gasteiger partial charge in [-0.2, -0.15) is 0 Å². The zero-order valence-electron chi connectivity index (χ0n) is 11.5. The number of amides is 1. The monoisotopic (exact) mass is 276 g/mol. The Hall–Kier alpha value is -1.75. The molecule has 2 aliphatic heterocycles. The molecular weight excluding hydrogens is 256 g/mol. The third-order valence-corrected chi connectivity index (χ3v) is 4.64. The summed E-state index contributed by atoms with van der Waals surface area (Å²) in [5.74, 6) is 0.263. The molecule has 3 unspecified atom stereocenters. The summed E-state index contributed by atoms with van der Waals surface area (Å²) in [6.45, 7) is 4.73. The number of carbonyl (C=O) groups is 1. The number of hydrogen-bond donors (Lipinski definition) is 3. The van der Waals surface area contributed by atoms with E-state index in [0.29, 0.717) is 11.8 Å². The van der Waals surface area contributed by atoms with Gasteiger partial charge < -0.3 is 20.4 Å². The number of carbonyl (C=O) groups excluding carboxylic acids is 1. The molecule has 2 saturated heterocycles. The summed E-state index contributed by atoms with van der Waals surface area (Å²) < 4.78 is 0. The number of para-hydroxylation sites is 1. The highest BCUT2D eigenvalue weighted by atomic mass is 16.3. The van der Waals surface area contributed by atoms with Crippen LogP contribution in [0.4, 0.5) is 0 Å². The summed E-state index contributed by atoms with van der Waals surface area (Å²) >= 11 is 0. The Morgan fingerprint density at radius 3 is 2.95 bits per heavy atom. The minimum atomic E-state index is -0.317. The molecule has 2 fully saturated rings. The third-order valence-electron chi connectivity index (χ3n) is 4.64. The number of phenols is 2. The van der Waals surface area contributed by atoms with Crippen LogP contribution in [0.3, 0.4) is 0 Å². The first-order chi connectivity index (χ1) is 9.63. The van der Waals surface area contributed by atoms with E-state index in [1.54, 1.807) is 12.1 Å². The van der Waals surface area contributed by atoms with E-state index in [1.165, 1.54) is 6.07 Å². The van der Waals surface area contributed by atoms with Crippen molar-refractivity contribution in [3.8, 4) is 11.5 Å². The molecular formula is C15H20N2O3. The molecule has 5 nitrogen and oxygen atoms in total. The topological polar surface area (TPSA) is 72.8 Å². The zero-order valence-corrected chi connectivity index (χ0v) is 11.5. The molecule has 20 heavy (non-hydrogen) atoms. The molecule has 2 heterocycles. The molecule has 3 rings (SSSR count). The Morgan fingerprint density at radius 1 is 1.40 bits per heavy atom. The van der Waals surface area contributed by atoms with Crippen molar-refractivity contribution in [2.45, 2.75) is 19.4 Å². The van der Waals surface area contributed by atoms with E-state index in [-0.39, 0.29) is 29.0 Å². The molecule has 0 bridgehead atoms. The molecule has 108 valence electrons. The number of phenolic OH excluding ortho intramolecular Hbond substituents is 2. The maximum atomic E-state index is 12.7. The quantitative estimate of drug-likeness (QED) is 0.709. The minimum absolute atomic E-state index is 0.181. The van der Waals surface area contributed by atoms with E-state index in [4.69, 9.17) is 0 Å². The van der Waals surface area contributed by atoms with Gasteiger partial charge in [-0.05, 0) is 30.4 Å². The van der Waals surface area contributed by atoms with E-state index in [0.717, 1.165) is 26.1 Å². The molecule has 1 aromatic rings. The van der Waals surface area contributed by atoms with Crippen molar-refractivity contribution in [3.05, 3.63) is 23.8 Å². The fourth-order valence-corrected chi connectivity index (χ4v) is 3.64. The summed E-state index contributed by atoms with van der Waals surface area (Å²) in [6.07, 6.45) is 0.911. The Balaban J connectivity index is 1.89. The Kier molecular flexibility index (Phi) is 3.30. The number of rotatable bonds is 2. The van der Waals surface area contributed by atoms with Crippen LogP contribution in [0.15, 0.2) is 18.2 Å². The maximum absolute atomic E-state index is 12.7. The van der Waals surface area contributed by atoms with Crippen molar-refractivity contribution in [2.24, 2.45) is 11.8 Å². The minimum Gasteiger partial charge on any atom is -0.504 e. The maximum Gasteiger partial charge on any atom is 0.258 e. The van der Waals surface area contributed by atoms with Crippen LogP contribution in [0.1, 0.15) is 23.7 Å². The molecule has 0 radical (unpaired) electrons. The number of aromatic hydroxyl groups is 2. The van der Waals surface area contributed by atoms with E-state index in [2.05, 4.69) is 12.2 Å². The van der Waals surface area contributed by atoms with Crippen molar-refractivity contribution < 1.29 is 15.0 Å². The van der Waals surface area contributed by atoms with E-state index >= 15 is 0 Å². The second kappa shape index (κ2) is 4.98. The largest absolute Gasteiger partial charge is 0.504 e. The van der Waals surface area contributed by atoms with Gasteiger partial charge >= 0.3 is 0 Å². The lowest BCUT2D eigenvalue weighted by molar-refractivity contribution is 0.0708. The van der Waals surface area contributed by atoms with Gasteiger partial charge in [-0.25, -0.2) is 0 Å². The second-order valence-corrected chi connectivity index (χ2v) is 5.69. The van der Waals surface area contributed by atoms with Gasteiger partial charge in [-0.3, -0.25) is 4.79 Å². The Labute approximate surface area is 118 Å². The SMILES string of the molecule is CCC1C2CNCC2CN1C(=O)c1cccc(O)c1O. The van der Waals surface area contributed by atoms with Crippen LogP contribution in [0.2, 0.25) is 0 Å². The normalized spacial score (nSPS) is 28.6. The summed E-state index contributed by atoms with van der Waals surface area (Å²) in [7, 11) is 0. The van der Waals surface area contributed by atoms with Gasteiger partial charge in [-0.15, -0.1) is 0 Å². The predicted molar refractivity (Wildman–Crippen MR) is 74.7 cm³/mol. The lowest BCUT2D eigenvalue weighted by Gasteiger charge is -2.27. The second-order valence-electron chi connectivity index (χ2n) is 5.69. The summed E-state index contributed by atoms with van der Waals surface area (Å²) in [5.41, 5.74) is 0.191. The van der Waals surface area contributed by atoms with Crippen molar-refractivity contribution in [1.29, 1.82) is 0 Å². The van der Waals surface area contributed by atoms with Crippen LogP contribution < -0.4 is 5.32 Å². The van der Waals surface area contributed by atoms with E-state index in [9.17, 15) is 15.0 Å². The van der Waals surface area contributed by atoms with Crippen molar-refractivity contribution in [3.63, 3.8) is 0 Å². The highest BCUT2D eigenvalue weighted by molar-refractivity contribution is 5.98. The average molecular weight is 276 g/mol. The van der Waals surface area contributed by atoms with Gasteiger partial charge in [0.2, 0.25) is 0 Å². The fourth-order valence-electron chi connectivity index (χ4n) is 3.64. The summed E-state index contributed by atoms with van der Waals surface area (Å²) in [6, 6.07) is 4.74. The van der Waals surface area contributed by atoms with Gasteiger partial charge in [0.15, 0.2) is 11.5 Å². The van der Waals surface area contributed by atoms with Crippen molar-refractivity contribution in [2.75, 3.05) is 19.6 Å². The highest BCUT2D eigenvalue weighted by Crippen LogP contribution is 2.37. The first kappa shape index (κ1) is 13.2. The predicted octanol–water partition coefficient (Wildman–Crippen LogP) is 1.17. The molecule has 1 amide bonds. The number of likely N-dealkylation sites (tertiary alicyclic amines) is 1. The smallest absolute Gasteiger partial charge is 0.258 e. The standard InChI is InChI=1S/C15H20N2O3/c1-2-12-11-7-16-6-9(11)8-17(12)15(20)10-4-3-5-13(18)14(10)19/h3-5,9,11-12,16,18-19H,2,6-8H2,1H3. The van der Waals surface area contributed by atoms with Crippen LogP contribution in [0, 0.1) is 11.8 Å². The van der Waals surface area contributed by atoms with Gasteiger partial charge in [0, 0.05) is 25.7 Å². The average Bonchev–Trinajstić information content (AvgIpc) is 3.01. The number of nitrogens with zero attached hydrogens (tertiary/aromatic N) is 1. The lowest BCUT2D eigenvalue weighted by Crippen LogP contribution is -2.39. The van der Waals surface area contributed by atoms with Gasteiger partial charge in [0.05, 0.1) is 5.56 Å². The molecule has 0 saturated carbocycles. The molecule has 0 spiro atoms. The summed E-state index contributed by atoms with van der Waals surface area (Å²) in [4.78, 5) is 14.5. The first-order valence-corrected chi connectivity index (χ1v) is 7.16. The molecule has 3 N–H and O–H groups in total. The molecule has 2 aliphatic rings. The molecule has 0 aromatic heterocycles. The summed E-state index contributed by atoms with van der Waals surface area (Å²) in [5, 5.41) is 22.8. The molecule has 3 atom stereocenters. The first-order valence-electron chi connectivity index (χ1n) is 7.16. The molecule has 5 heteroatoms. The van der Waals surface area contributed by atoms with E-state index in [1.807, 2.05) is 4.90 Å². The fraction of sp³-hybridized carbons (Fsp3) is 0.533. The van der Waals surface area contributed by atoms with Crippen molar-refractivity contribution >= 4 is 5.91 Å². The zero-order chi connectivity index (χ0) is 14.3. The number of nitrogens with one attached hydrogen (secondary N) is 1. The van der Waals surface area contributed by atoms with Gasteiger partial charge in [0.25, 0.3) is 5.91 Å². The third kappa shape index (κ3) is 1.93. The number of fused-ring (bicyclic) bond motifs is 1. The highest BCUT2D eigenvalue weighted by Gasteiger charge is 2.45. The Morgan fingerprint density at radius 2 is 2.20 bits per heavy atom. The van der Waals surface area contributed by atoms with Crippen LogP contribution in [-0.4, -0.2) is 46.7 Å². The van der Waals surface area contributed by atoms with Gasteiger partial charge in [0.1, 0.15) is 0 Å². The van der Waals surface area contributed by atoms with Crippen molar-refractivity contribution in [1.82, 2.24) is 10.2 Å². The molecule has 0 aliphatic carbocycles. The lowest BCUT2D eigenvalue weighted by atomic mass is 9.93. The van der Waals surface area contributed by atoms with Crippen LogP contribution in [0.5, 0.6) is 11.5 Å². The van der Waals surface area contributed by atoms with E-state index < -0.39 is 0 Å².